The third-order valence-corrected chi connectivity index (χ3v) is 4.10. The summed E-state index contributed by atoms with van der Waals surface area (Å²) in [6.07, 6.45) is 2.41. The van der Waals surface area contributed by atoms with Gasteiger partial charge in [0.2, 0.25) is 0 Å². The first-order valence-electron chi connectivity index (χ1n) is 7.04. The number of aromatic nitrogens is 2. The first-order chi connectivity index (χ1) is 9.08. The Morgan fingerprint density at radius 3 is 2.89 bits per heavy atom. The van der Waals surface area contributed by atoms with Crippen molar-refractivity contribution in [2.75, 3.05) is 6.54 Å². The Kier molecular flexibility index (Phi) is 2.97. The van der Waals surface area contributed by atoms with Gasteiger partial charge in [0.1, 0.15) is 0 Å². The monoisotopic (exact) mass is 259 g/mol. The maximum atomic E-state index is 12.3. The number of H-pyrrole nitrogens is 1. The molecule has 1 aromatic carbocycles. The number of aryl methyl sites for hydroxylation is 1. The maximum Gasteiger partial charge on any atom is 0.327 e. The SMILES string of the molecule is Cc1ccc2[nH]c(=O)n(C3CCCN3C(C)C)c2c1. The first kappa shape index (κ1) is 12.5. The number of fused-ring (bicyclic) bond motifs is 1. The van der Waals surface area contributed by atoms with E-state index in [1.165, 1.54) is 5.56 Å². The molecule has 2 aromatic rings. The van der Waals surface area contributed by atoms with Crippen LogP contribution in [0.2, 0.25) is 0 Å². The molecule has 3 rings (SSSR count). The summed E-state index contributed by atoms with van der Waals surface area (Å²) in [6.45, 7) is 7.54. The zero-order chi connectivity index (χ0) is 13.6. The highest BCUT2D eigenvalue weighted by Gasteiger charge is 2.30. The molecule has 19 heavy (non-hydrogen) atoms. The van der Waals surface area contributed by atoms with Gasteiger partial charge in [-0.15, -0.1) is 0 Å². The fourth-order valence-electron chi connectivity index (χ4n) is 3.18. The fraction of sp³-hybridized carbons (Fsp3) is 0.533. The van der Waals surface area contributed by atoms with Crippen LogP contribution in [0, 0.1) is 6.92 Å². The highest BCUT2D eigenvalue weighted by atomic mass is 16.1. The third kappa shape index (κ3) is 2.00. The molecule has 0 amide bonds. The summed E-state index contributed by atoms with van der Waals surface area (Å²) in [7, 11) is 0. The highest BCUT2D eigenvalue weighted by molar-refractivity contribution is 5.76. The van der Waals surface area contributed by atoms with Crippen LogP contribution < -0.4 is 5.69 Å². The number of benzene rings is 1. The molecule has 0 aliphatic carbocycles. The van der Waals surface area contributed by atoms with Gasteiger partial charge in [-0.25, -0.2) is 4.79 Å². The van der Waals surface area contributed by atoms with Gasteiger partial charge in [-0.3, -0.25) is 9.47 Å². The molecule has 1 saturated heterocycles. The average molecular weight is 259 g/mol. The van der Waals surface area contributed by atoms with Crippen molar-refractivity contribution >= 4 is 11.0 Å². The van der Waals surface area contributed by atoms with Gasteiger partial charge in [-0.2, -0.15) is 0 Å². The Bertz CT molecular complexity index is 653. The van der Waals surface area contributed by atoms with Crippen LogP contribution in [0.15, 0.2) is 23.0 Å². The van der Waals surface area contributed by atoms with Crippen molar-refractivity contribution in [2.24, 2.45) is 0 Å². The van der Waals surface area contributed by atoms with Crippen LogP contribution in [0.3, 0.4) is 0 Å². The van der Waals surface area contributed by atoms with Crippen molar-refractivity contribution in [3.05, 3.63) is 34.2 Å². The third-order valence-electron chi connectivity index (χ3n) is 4.10. The van der Waals surface area contributed by atoms with Crippen molar-refractivity contribution in [1.29, 1.82) is 0 Å². The quantitative estimate of drug-likeness (QED) is 0.900. The normalized spacial score (nSPS) is 20.7. The van der Waals surface area contributed by atoms with Crippen LogP contribution >= 0.6 is 0 Å². The number of hydrogen-bond donors (Lipinski definition) is 1. The van der Waals surface area contributed by atoms with Crippen molar-refractivity contribution < 1.29 is 0 Å². The number of rotatable bonds is 2. The van der Waals surface area contributed by atoms with Crippen molar-refractivity contribution in [1.82, 2.24) is 14.5 Å². The smallest absolute Gasteiger partial charge is 0.305 e. The Morgan fingerprint density at radius 1 is 1.37 bits per heavy atom. The molecule has 0 radical (unpaired) electrons. The van der Waals surface area contributed by atoms with Crippen LogP contribution in [0.4, 0.5) is 0 Å². The van der Waals surface area contributed by atoms with Gasteiger partial charge in [0.05, 0.1) is 17.2 Å². The minimum Gasteiger partial charge on any atom is -0.305 e. The van der Waals surface area contributed by atoms with E-state index in [1.807, 2.05) is 16.7 Å². The predicted octanol–water partition coefficient (Wildman–Crippen LogP) is 2.64. The molecular formula is C15H21N3O. The van der Waals surface area contributed by atoms with E-state index in [-0.39, 0.29) is 11.9 Å². The molecule has 4 nitrogen and oxygen atoms in total. The molecule has 1 N–H and O–H groups in total. The molecule has 0 saturated carbocycles. The molecular weight excluding hydrogens is 238 g/mol. The molecule has 1 aromatic heterocycles. The molecule has 1 atom stereocenters. The van der Waals surface area contributed by atoms with Gasteiger partial charge in [-0.1, -0.05) is 6.07 Å². The summed E-state index contributed by atoms with van der Waals surface area (Å²) in [6, 6.07) is 6.60. The Hall–Kier alpha value is -1.55. The maximum absolute atomic E-state index is 12.3. The Labute approximate surface area is 113 Å². The van der Waals surface area contributed by atoms with E-state index >= 15 is 0 Å². The number of nitrogens with zero attached hydrogens (tertiary/aromatic N) is 2. The lowest BCUT2D eigenvalue weighted by molar-refractivity contribution is 0.152. The summed E-state index contributed by atoms with van der Waals surface area (Å²) in [4.78, 5) is 17.7. The van der Waals surface area contributed by atoms with E-state index < -0.39 is 0 Å². The minimum absolute atomic E-state index is 0.0122. The molecule has 2 heterocycles. The van der Waals surface area contributed by atoms with Crippen molar-refractivity contribution in [3.63, 3.8) is 0 Å². The summed E-state index contributed by atoms with van der Waals surface area (Å²) >= 11 is 0. The summed E-state index contributed by atoms with van der Waals surface area (Å²) in [5, 5.41) is 0. The lowest BCUT2D eigenvalue weighted by atomic mass is 10.2. The standard InChI is InChI=1S/C15H21N3O/c1-10(2)17-8-4-5-14(17)18-13-9-11(3)6-7-12(13)16-15(18)19/h6-7,9-10,14H,4-5,8H2,1-3H3,(H,16,19). The van der Waals surface area contributed by atoms with Crippen LogP contribution in [-0.2, 0) is 0 Å². The average Bonchev–Trinajstić information content (AvgIpc) is 2.91. The van der Waals surface area contributed by atoms with Crippen LogP contribution in [0.25, 0.3) is 11.0 Å². The zero-order valence-electron chi connectivity index (χ0n) is 11.8. The van der Waals surface area contributed by atoms with E-state index in [4.69, 9.17) is 0 Å². The molecule has 1 unspecified atom stereocenters. The number of aromatic amines is 1. The van der Waals surface area contributed by atoms with E-state index in [2.05, 4.69) is 36.7 Å². The van der Waals surface area contributed by atoms with E-state index in [9.17, 15) is 4.79 Å². The number of hydrogen-bond acceptors (Lipinski definition) is 2. The minimum atomic E-state index is 0.0122. The van der Waals surface area contributed by atoms with Gasteiger partial charge in [-0.05, 0) is 51.3 Å². The van der Waals surface area contributed by atoms with E-state index in [1.54, 1.807) is 0 Å². The van der Waals surface area contributed by atoms with Gasteiger partial charge in [0.25, 0.3) is 0 Å². The Morgan fingerprint density at radius 2 is 2.16 bits per heavy atom. The molecule has 4 heteroatoms. The molecule has 0 spiro atoms. The second-order valence-corrected chi connectivity index (χ2v) is 5.78. The van der Waals surface area contributed by atoms with Crippen LogP contribution in [0.5, 0.6) is 0 Å². The number of likely N-dealkylation sites (tertiary alicyclic amines) is 1. The van der Waals surface area contributed by atoms with Crippen LogP contribution in [0.1, 0.15) is 38.4 Å². The van der Waals surface area contributed by atoms with Gasteiger partial charge < -0.3 is 4.98 Å². The summed E-state index contributed by atoms with van der Waals surface area (Å²) in [5.41, 5.74) is 3.17. The molecule has 1 aliphatic heterocycles. The summed E-state index contributed by atoms with van der Waals surface area (Å²) in [5.74, 6) is 0. The van der Waals surface area contributed by atoms with Gasteiger partial charge in [0.15, 0.2) is 0 Å². The van der Waals surface area contributed by atoms with Gasteiger partial charge in [0, 0.05) is 12.6 Å². The lowest BCUT2D eigenvalue weighted by Gasteiger charge is -2.29. The fourth-order valence-corrected chi connectivity index (χ4v) is 3.18. The lowest BCUT2D eigenvalue weighted by Crippen LogP contribution is -2.37. The molecule has 1 fully saturated rings. The van der Waals surface area contributed by atoms with Crippen LogP contribution in [-0.4, -0.2) is 27.0 Å². The molecule has 1 aliphatic rings. The van der Waals surface area contributed by atoms with Crippen molar-refractivity contribution in [3.8, 4) is 0 Å². The number of imidazole rings is 1. The molecule has 0 bridgehead atoms. The Balaban J connectivity index is 2.16. The van der Waals surface area contributed by atoms with E-state index in [0.29, 0.717) is 6.04 Å². The van der Waals surface area contributed by atoms with Crippen molar-refractivity contribution in [2.45, 2.75) is 45.8 Å². The zero-order valence-corrected chi connectivity index (χ0v) is 11.8. The topological polar surface area (TPSA) is 41.0 Å². The second kappa shape index (κ2) is 4.53. The molecule has 102 valence electrons. The second-order valence-electron chi connectivity index (χ2n) is 5.78. The highest BCUT2D eigenvalue weighted by Crippen LogP contribution is 2.30. The van der Waals surface area contributed by atoms with Gasteiger partial charge >= 0.3 is 5.69 Å². The number of nitrogens with one attached hydrogen (secondary N) is 1. The van der Waals surface area contributed by atoms with E-state index in [0.717, 1.165) is 30.4 Å². The predicted molar refractivity (Wildman–Crippen MR) is 77.4 cm³/mol. The summed E-state index contributed by atoms with van der Waals surface area (Å²) < 4.78 is 1.94. The largest absolute Gasteiger partial charge is 0.327 e. The first-order valence-corrected chi connectivity index (χ1v) is 7.04.